The van der Waals surface area contributed by atoms with Gasteiger partial charge >= 0.3 is 0 Å². The molecule has 2 aromatic rings. The highest BCUT2D eigenvalue weighted by Crippen LogP contribution is 2.23. The lowest BCUT2D eigenvalue weighted by atomic mass is 10.2. The molecule has 0 atom stereocenters. The van der Waals surface area contributed by atoms with Crippen LogP contribution in [-0.4, -0.2) is 21.9 Å². The fourth-order valence-corrected chi connectivity index (χ4v) is 2.55. The quantitative estimate of drug-likeness (QED) is 0.759. The Morgan fingerprint density at radius 2 is 2.14 bits per heavy atom. The average Bonchev–Trinajstić information content (AvgIpc) is 2.83. The average molecular weight is 323 g/mol. The summed E-state index contributed by atoms with van der Waals surface area (Å²) in [5, 5.41) is 0.864. The van der Waals surface area contributed by atoms with Crippen LogP contribution in [0.2, 0.25) is 10.0 Å². The minimum atomic E-state index is -0.141. The first-order valence-electron chi connectivity index (χ1n) is 6.48. The Morgan fingerprint density at radius 1 is 1.38 bits per heavy atom. The zero-order valence-electron chi connectivity index (χ0n) is 11.7. The first-order chi connectivity index (χ1) is 10.0. The highest BCUT2D eigenvalue weighted by atomic mass is 35.5. The number of carbonyl (C=O) groups is 1. The van der Waals surface area contributed by atoms with Crippen molar-refractivity contribution in [2.24, 2.45) is 7.05 Å². The van der Waals surface area contributed by atoms with Gasteiger partial charge in [-0.3, -0.25) is 4.79 Å². The molecule has 0 saturated heterocycles. The molecule has 0 radical (unpaired) electrons. The molecule has 1 aromatic heterocycles. The number of aryl methyl sites for hydroxylation is 1. The minimum Gasteiger partial charge on any atom is -0.353 e. The molecule has 0 unspecified atom stereocenters. The molecule has 0 spiro atoms. The summed E-state index contributed by atoms with van der Waals surface area (Å²) in [7, 11) is 1.95. The van der Waals surface area contributed by atoms with Crippen LogP contribution in [0.1, 0.15) is 16.1 Å². The Kier molecular flexibility index (Phi) is 5.10. The lowest BCUT2D eigenvalue weighted by Gasteiger charge is -2.22. The molecule has 2 rings (SSSR count). The maximum absolute atomic E-state index is 12.6. The molecule has 5 heteroatoms. The number of benzene rings is 1. The SMILES string of the molecule is C=CCN(Cc1cccn1C)C(=O)c1ccc(Cl)cc1Cl. The predicted molar refractivity (Wildman–Crippen MR) is 86.8 cm³/mol. The highest BCUT2D eigenvalue weighted by Gasteiger charge is 2.18. The summed E-state index contributed by atoms with van der Waals surface area (Å²) in [4.78, 5) is 14.3. The summed E-state index contributed by atoms with van der Waals surface area (Å²) in [5.74, 6) is -0.141. The van der Waals surface area contributed by atoms with Crippen LogP contribution in [0.5, 0.6) is 0 Å². The van der Waals surface area contributed by atoms with Crippen molar-refractivity contribution < 1.29 is 4.79 Å². The third kappa shape index (κ3) is 3.69. The molecule has 0 aliphatic rings. The van der Waals surface area contributed by atoms with Crippen LogP contribution >= 0.6 is 23.2 Å². The van der Waals surface area contributed by atoms with Crippen molar-refractivity contribution in [1.82, 2.24) is 9.47 Å². The number of hydrogen-bond donors (Lipinski definition) is 0. The minimum absolute atomic E-state index is 0.141. The van der Waals surface area contributed by atoms with Gasteiger partial charge in [0.25, 0.3) is 5.91 Å². The van der Waals surface area contributed by atoms with Crippen LogP contribution in [-0.2, 0) is 13.6 Å². The van der Waals surface area contributed by atoms with E-state index in [0.717, 1.165) is 5.69 Å². The van der Waals surface area contributed by atoms with Crippen molar-refractivity contribution in [2.45, 2.75) is 6.54 Å². The zero-order valence-corrected chi connectivity index (χ0v) is 13.2. The Hall–Kier alpha value is -1.71. The van der Waals surface area contributed by atoms with E-state index in [1.165, 1.54) is 0 Å². The van der Waals surface area contributed by atoms with Crippen LogP contribution < -0.4 is 0 Å². The van der Waals surface area contributed by atoms with E-state index in [0.29, 0.717) is 28.7 Å². The maximum atomic E-state index is 12.6. The summed E-state index contributed by atoms with van der Waals surface area (Å²) in [6, 6.07) is 8.81. The number of halogens is 2. The lowest BCUT2D eigenvalue weighted by Crippen LogP contribution is -2.31. The molecule has 1 heterocycles. The van der Waals surface area contributed by atoms with E-state index >= 15 is 0 Å². The fourth-order valence-electron chi connectivity index (χ4n) is 2.06. The van der Waals surface area contributed by atoms with Crippen LogP contribution in [0.25, 0.3) is 0 Å². The van der Waals surface area contributed by atoms with Crippen LogP contribution in [0, 0.1) is 0 Å². The summed E-state index contributed by atoms with van der Waals surface area (Å²) in [6.07, 6.45) is 3.64. The van der Waals surface area contributed by atoms with Crippen molar-refractivity contribution in [2.75, 3.05) is 6.54 Å². The van der Waals surface area contributed by atoms with E-state index in [-0.39, 0.29) is 5.91 Å². The van der Waals surface area contributed by atoms with Crippen LogP contribution in [0.3, 0.4) is 0 Å². The van der Waals surface area contributed by atoms with Gasteiger partial charge in [0.2, 0.25) is 0 Å². The number of carbonyl (C=O) groups excluding carboxylic acids is 1. The number of rotatable bonds is 5. The Labute approximate surface area is 134 Å². The van der Waals surface area contributed by atoms with Gasteiger partial charge < -0.3 is 9.47 Å². The number of hydrogen-bond acceptors (Lipinski definition) is 1. The van der Waals surface area contributed by atoms with E-state index in [9.17, 15) is 4.79 Å². The van der Waals surface area contributed by atoms with E-state index in [2.05, 4.69) is 6.58 Å². The summed E-state index contributed by atoms with van der Waals surface area (Å²) in [5.41, 5.74) is 1.48. The van der Waals surface area contributed by atoms with Crippen molar-refractivity contribution >= 4 is 29.1 Å². The topological polar surface area (TPSA) is 25.2 Å². The largest absolute Gasteiger partial charge is 0.353 e. The van der Waals surface area contributed by atoms with Gasteiger partial charge in [0, 0.05) is 30.5 Å². The second-order valence-corrected chi connectivity index (χ2v) is 5.55. The van der Waals surface area contributed by atoms with Gasteiger partial charge in [-0.15, -0.1) is 6.58 Å². The molecule has 110 valence electrons. The lowest BCUT2D eigenvalue weighted by molar-refractivity contribution is 0.0760. The molecule has 0 aliphatic carbocycles. The molecule has 21 heavy (non-hydrogen) atoms. The first-order valence-corrected chi connectivity index (χ1v) is 7.24. The standard InChI is InChI=1S/C16H16Cl2N2O/c1-3-8-20(11-13-5-4-9-19(13)2)16(21)14-7-6-12(17)10-15(14)18/h3-7,9-10H,1,8,11H2,2H3. The third-order valence-corrected chi connectivity index (χ3v) is 3.75. The van der Waals surface area contributed by atoms with Crippen molar-refractivity contribution in [3.8, 4) is 0 Å². The molecule has 0 aliphatic heterocycles. The molecule has 1 amide bonds. The van der Waals surface area contributed by atoms with Gasteiger partial charge in [-0.1, -0.05) is 29.3 Å². The van der Waals surface area contributed by atoms with Crippen molar-refractivity contribution in [3.05, 3.63) is 70.5 Å². The molecule has 0 N–H and O–H groups in total. The highest BCUT2D eigenvalue weighted by molar-refractivity contribution is 6.36. The normalized spacial score (nSPS) is 10.4. The van der Waals surface area contributed by atoms with E-state index < -0.39 is 0 Å². The molecule has 0 fully saturated rings. The van der Waals surface area contributed by atoms with E-state index in [4.69, 9.17) is 23.2 Å². The molecule has 1 aromatic carbocycles. The molecule has 3 nitrogen and oxygen atoms in total. The molecule has 0 bridgehead atoms. The Balaban J connectivity index is 2.27. The Morgan fingerprint density at radius 3 is 2.71 bits per heavy atom. The number of nitrogens with zero attached hydrogens (tertiary/aromatic N) is 2. The van der Waals surface area contributed by atoms with Crippen molar-refractivity contribution in [1.29, 1.82) is 0 Å². The second-order valence-electron chi connectivity index (χ2n) is 4.71. The first kappa shape index (κ1) is 15.7. The van der Waals surface area contributed by atoms with E-state index in [1.807, 2.05) is 29.9 Å². The Bertz CT molecular complexity index is 664. The third-order valence-electron chi connectivity index (χ3n) is 3.20. The van der Waals surface area contributed by atoms with Crippen molar-refractivity contribution in [3.63, 3.8) is 0 Å². The molecular formula is C16H16Cl2N2O. The van der Waals surface area contributed by atoms with Crippen LogP contribution in [0.15, 0.2) is 49.2 Å². The maximum Gasteiger partial charge on any atom is 0.256 e. The van der Waals surface area contributed by atoms with E-state index in [1.54, 1.807) is 29.2 Å². The summed E-state index contributed by atoms with van der Waals surface area (Å²) in [6.45, 7) is 4.65. The van der Waals surface area contributed by atoms with Gasteiger partial charge in [-0.05, 0) is 30.3 Å². The zero-order chi connectivity index (χ0) is 15.4. The van der Waals surface area contributed by atoms with Gasteiger partial charge in [0.15, 0.2) is 0 Å². The second kappa shape index (κ2) is 6.83. The summed E-state index contributed by atoms with van der Waals surface area (Å²) < 4.78 is 1.98. The van der Waals surface area contributed by atoms with Gasteiger partial charge in [0.05, 0.1) is 17.1 Å². The monoisotopic (exact) mass is 322 g/mol. The molecule has 0 saturated carbocycles. The van der Waals surface area contributed by atoms with Gasteiger partial charge in [0.1, 0.15) is 0 Å². The molecular weight excluding hydrogens is 307 g/mol. The summed E-state index contributed by atoms with van der Waals surface area (Å²) >= 11 is 12.0. The number of aromatic nitrogens is 1. The van der Waals surface area contributed by atoms with Gasteiger partial charge in [-0.2, -0.15) is 0 Å². The number of amides is 1. The van der Waals surface area contributed by atoms with Gasteiger partial charge in [-0.25, -0.2) is 0 Å². The predicted octanol–water partition coefficient (Wildman–Crippen LogP) is 4.16. The fraction of sp³-hybridized carbons (Fsp3) is 0.188. The van der Waals surface area contributed by atoms with Crippen LogP contribution in [0.4, 0.5) is 0 Å². The smallest absolute Gasteiger partial charge is 0.256 e.